The van der Waals surface area contributed by atoms with E-state index < -0.39 is 5.97 Å². The van der Waals surface area contributed by atoms with Gasteiger partial charge in [-0.1, -0.05) is 6.92 Å². The Hall–Kier alpha value is -1.10. The summed E-state index contributed by atoms with van der Waals surface area (Å²) >= 11 is 0. The molecule has 1 N–H and O–H groups in total. The molecule has 17 heavy (non-hydrogen) atoms. The van der Waals surface area contributed by atoms with Crippen molar-refractivity contribution in [3.8, 4) is 0 Å². The molecule has 0 fully saturated rings. The van der Waals surface area contributed by atoms with Crippen molar-refractivity contribution in [1.29, 1.82) is 0 Å². The van der Waals surface area contributed by atoms with Crippen LogP contribution in [0.5, 0.6) is 0 Å². The van der Waals surface area contributed by atoms with Gasteiger partial charge in [-0.25, -0.2) is 0 Å². The minimum absolute atomic E-state index is 0.00911. The molecule has 1 amide bonds. The van der Waals surface area contributed by atoms with Gasteiger partial charge in [0, 0.05) is 12.1 Å². The molecule has 1 atom stereocenters. The maximum Gasteiger partial charge on any atom is 0.325 e. The minimum atomic E-state index is -0.393. The summed E-state index contributed by atoms with van der Waals surface area (Å²) in [6.07, 6.45) is 0.964. The van der Waals surface area contributed by atoms with Crippen LogP contribution in [0.1, 0.15) is 34.1 Å². The molecule has 0 bridgehead atoms. The van der Waals surface area contributed by atoms with Gasteiger partial charge in [0.2, 0.25) is 5.91 Å². The van der Waals surface area contributed by atoms with Gasteiger partial charge in [-0.15, -0.1) is 0 Å². The first-order valence-electron chi connectivity index (χ1n) is 6.02. The van der Waals surface area contributed by atoms with Crippen molar-refractivity contribution in [1.82, 2.24) is 10.2 Å². The van der Waals surface area contributed by atoms with Crippen LogP contribution in [0.2, 0.25) is 0 Å². The van der Waals surface area contributed by atoms with E-state index in [0.29, 0.717) is 6.04 Å². The highest BCUT2D eigenvalue weighted by Gasteiger charge is 2.20. The fourth-order valence-electron chi connectivity index (χ4n) is 1.27. The van der Waals surface area contributed by atoms with E-state index in [9.17, 15) is 9.59 Å². The van der Waals surface area contributed by atoms with Crippen LogP contribution in [0.3, 0.4) is 0 Å². The van der Waals surface area contributed by atoms with E-state index in [1.807, 2.05) is 20.8 Å². The molecule has 0 heterocycles. The van der Waals surface area contributed by atoms with Gasteiger partial charge in [0.1, 0.15) is 6.54 Å². The zero-order chi connectivity index (χ0) is 13.4. The second kappa shape index (κ2) is 8.06. The molecule has 0 aromatic heterocycles. The molecule has 0 saturated carbocycles. The summed E-state index contributed by atoms with van der Waals surface area (Å²) in [5.41, 5.74) is 0. The smallest absolute Gasteiger partial charge is 0.325 e. The standard InChI is InChI=1S/C12H24N2O3/c1-6-10(4)13-7-11(15)14(9(2)3)8-12(16)17-5/h9-10,13H,6-8H2,1-5H3. The van der Waals surface area contributed by atoms with E-state index in [-0.39, 0.29) is 25.0 Å². The average Bonchev–Trinajstić information content (AvgIpc) is 2.31. The van der Waals surface area contributed by atoms with Gasteiger partial charge in [0.05, 0.1) is 13.7 Å². The first-order chi connectivity index (χ1) is 7.92. The molecule has 5 heteroatoms. The Labute approximate surface area is 103 Å². The second-order valence-corrected chi connectivity index (χ2v) is 4.38. The number of nitrogens with one attached hydrogen (secondary N) is 1. The van der Waals surface area contributed by atoms with E-state index in [0.717, 1.165) is 6.42 Å². The third-order valence-corrected chi connectivity index (χ3v) is 2.68. The quantitative estimate of drug-likeness (QED) is 0.673. The number of nitrogens with zero attached hydrogens (tertiary/aromatic N) is 1. The van der Waals surface area contributed by atoms with Crippen molar-refractivity contribution in [3.63, 3.8) is 0 Å². The Morgan fingerprint density at radius 2 is 1.88 bits per heavy atom. The van der Waals surface area contributed by atoms with Crippen LogP contribution in [0.4, 0.5) is 0 Å². The molecule has 100 valence electrons. The Kier molecular flexibility index (Phi) is 7.54. The van der Waals surface area contributed by atoms with Gasteiger partial charge in [-0.05, 0) is 27.2 Å². The molecular formula is C12H24N2O3. The topological polar surface area (TPSA) is 58.6 Å². The molecule has 0 aliphatic heterocycles. The monoisotopic (exact) mass is 244 g/mol. The van der Waals surface area contributed by atoms with Crippen LogP contribution in [0, 0.1) is 0 Å². The predicted octanol–water partition coefficient (Wildman–Crippen LogP) is 0.785. The van der Waals surface area contributed by atoms with Crippen molar-refractivity contribution in [2.24, 2.45) is 0 Å². The lowest BCUT2D eigenvalue weighted by Gasteiger charge is -2.26. The largest absolute Gasteiger partial charge is 0.468 e. The van der Waals surface area contributed by atoms with Crippen LogP contribution in [-0.2, 0) is 14.3 Å². The van der Waals surface area contributed by atoms with Gasteiger partial charge in [-0.3, -0.25) is 9.59 Å². The maximum absolute atomic E-state index is 11.9. The number of carbonyl (C=O) groups is 2. The zero-order valence-electron chi connectivity index (χ0n) is 11.4. The van der Waals surface area contributed by atoms with Crippen molar-refractivity contribution >= 4 is 11.9 Å². The lowest BCUT2D eigenvalue weighted by molar-refractivity contribution is -0.147. The molecule has 0 aliphatic carbocycles. The summed E-state index contributed by atoms with van der Waals surface area (Å²) in [4.78, 5) is 24.6. The van der Waals surface area contributed by atoms with Gasteiger partial charge < -0.3 is 15.0 Å². The molecule has 0 aromatic carbocycles. The first-order valence-corrected chi connectivity index (χ1v) is 6.02. The lowest BCUT2D eigenvalue weighted by Crippen LogP contribution is -2.46. The Balaban J connectivity index is 4.30. The fraction of sp³-hybridized carbons (Fsp3) is 0.833. The molecule has 0 aliphatic rings. The predicted molar refractivity (Wildman–Crippen MR) is 66.6 cm³/mol. The molecule has 5 nitrogen and oxygen atoms in total. The van der Waals surface area contributed by atoms with Gasteiger partial charge in [-0.2, -0.15) is 0 Å². The highest BCUT2D eigenvalue weighted by atomic mass is 16.5. The summed E-state index contributed by atoms with van der Waals surface area (Å²) in [6.45, 7) is 8.09. The number of carbonyl (C=O) groups excluding carboxylic acids is 2. The van der Waals surface area contributed by atoms with Gasteiger partial charge in [0.15, 0.2) is 0 Å². The number of hydrogen-bond acceptors (Lipinski definition) is 4. The number of amides is 1. The van der Waals surface area contributed by atoms with Crippen molar-refractivity contribution in [3.05, 3.63) is 0 Å². The minimum Gasteiger partial charge on any atom is -0.468 e. The second-order valence-electron chi connectivity index (χ2n) is 4.38. The molecule has 0 rings (SSSR count). The van der Waals surface area contributed by atoms with E-state index >= 15 is 0 Å². The Morgan fingerprint density at radius 1 is 1.29 bits per heavy atom. The third-order valence-electron chi connectivity index (χ3n) is 2.68. The summed E-state index contributed by atoms with van der Waals surface area (Å²) in [7, 11) is 1.32. The number of esters is 1. The van der Waals surface area contributed by atoms with E-state index in [1.165, 1.54) is 12.0 Å². The van der Waals surface area contributed by atoms with Crippen molar-refractivity contribution in [2.75, 3.05) is 20.2 Å². The van der Waals surface area contributed by atoms with Crippen molar-refractivity contribution in [2.45, 2.75) is 46.2 Å². The normalized spacial score (nSPS) is 12.4. The zero-order valence-corrected chi connectivity index (χ0v) is 11.4. The summed E-state index contributed by atoms with van der Waals surface area (Å²) in [6, 6.07) is 0.284. The SMILES string of the molecule is CCC(C)NCC(=O)N(CC(=O)OC)C(C)C. The van der Waals surface area contributed by atoms with Gasteiger partial charge in [0.25, 0.3) is 0 Å². The number of rotatable bonds is 7. The average molecular weight is 244 g/mol. The molecule has 0 spiro atoms. The number of methoxy groups -OCH3 is 1. The van der Waals surface area contributed by atoms with Crippen LogP contribution in [-0.4, -0.2) is 49.1 Å². The number of hydrogen-bond donors (Lipinski definition) is 1. The van der Waals surface area contributed by atoms with E-state index in [4.69, 9.17) is 0 Å². The maximum atomic E-state index is 11.9. The molecule has 0 saturated heterocycles. The highest BCUT2D eigenvalue weighted by Crippen LogP contribution is 2.00. The van der Waals surface area contributed by atoms with E-state index in [1.54, 1.807) is 0 Å². The third kappa shape index (κ3) is 6.26. The fourth-order valence-corrected chi connectivity index (χ4v) is 1.27. The summed E-state index contributed by atoms with van der Waals surface area (Å²) < 4.78 is 4.57. The Bertz CT molecular complexity index is 254. The van der Waals surface area contributed by atoms with Crippen LogP contribution >= 0.6 is 0 Å². The molecule has 1 unspecified atom stereocenters. The first kappa shape index (κ1) is 15.9. The highest BCUT2D eigenvalue weighted by molar-refractivity contribution is 5.83. The van der Waals surface area contributed by atoms with Gasteiger partial charge >= 0.3 is 5.97 Å². The molecule has 0 radical (unpaired) electrons. The Morgan fingerprint density at radius 3 is 2.29 bits per heavy atom. The van der Waals surface area contributed by atoms with Crippen molar-refractivity contribution < 1.29 is 14.3 Å². The summed E-state index contributed by atoms with van der Waals surface area (Å²) in [5, 5.41) is 3.12. The molecule has 0 aromatic rings. The lowest BCUT2D eigenvalue weighted by atomic mass is 10.2. The van der Waals surface area contributed by atoms with E-state index in [2.05, 4.69) is 17.0 Å². The summed E-state index contributed by atoms with van der Waals surface area (Å²) in [5.74, 6) is -0.471. The molecular weight excluding hydrogens is 220 g/mol. The van der Waals surface area contributed by atoms with Crippen LogP contribution < -0.4 is 5.32 Å². The van der Waals surface area contributed by atoms with Crippen LogP contribution in [0.15, 0.2) is 0 Å². The van der Waals surface area contributed by atoms with Crippen LogP contribution in [0.25, 0.3) is 0 Å². The number of ether oxygens (including phenoxy) is 1.